The van der Waals surface area contributed by atoms with Gasteiger partial charge in [0, 0.05) is 22.4 Å². The maximum absolute atomic E-state index is 12.1. The number of amides is 1. The molecule has 122 valence electrons. The van der Waals surface area contributed by atoms with Crippen molar-refractivity contribution in [2.45, 2.75) is 12.8 Å². The highest BCUT2D eigenvalue weighted by molar-refractivity contribution is 7.14. The van der Waals surface area contributed by atoms with E-state index >= 15 is 0 Å². The molecule has 1 heterocycles. The van der Waals surface area contributed by atoms with Gasteiger partial charge in [-0.3, -0.25) is 4.79 Å². The Labute approximate surface area is 154 Å². The van der Waals surface area contributed by atoms with E-state index in [4.69, 9.17) is 23.2 Å². The lowest BCUT2D eigenvalue weighted by molar-refractivity contribution is -0.116. The summed E-state index contributed by atoms with van der Waals surface area (Å²) in [5, 5.41) is 6.37. The zero-order valence-electron chi connectivity index (χ0n) is 12.6. The Kier molecular flexibility index (Phi) is 5.51. The van der Waals surface area contributed by atoms with Crippen LogP contribution in [0, 0.1) is 0 Å². The standard InChI is InChI=1S/C18H14Cl2N2OS/c19-13-7-8-14(15(20)10-13)16-11-24-18(21-16)22-17(23)9-6-12-4-2-1-3-5-12/h1-5,7-8,10-11H,6,9H2,(H,21,22,23). The number of hydrogen-bond acceptors (Lipinski definition) is 3. The van der Waals surface area contributed by atoms with Gasteiger partial charge >= 0.3 is 0 Å². The smallest absolute Gasteiger partial charge is 0.226 e. The molecule has 0 atom stereocenters. The normalized spacial score (nSPS) is 10.6. The fraction of sp³-hybridized carbons (Fsp3) is 0.111. The summed E-state index contributed by atoms with van der Waals surface area (Å²) in [5.41, 5.74) is 2.66. The molecule has 1 N–H and O–H groups in total. The average molecular weight is 377 g/mol. The molecule has 3 nitrogen and oxygen atoms in total. The van der Waals surface area contributed by atoms with Crippen LogP contribution in [-0.4, -0.2) is 10.9 Å². The van der Waals surface area contributed by atoms with Crippen LogP contribution in [0.4, 0.5) is 5.13 Å². The molecule has 0 aliphatic heterocycles. The van der Waals surface area contributed by atoms with Crippen LogP contribution < -0.4 is 5.32 Å². The largest absolute Gasteiger partial charge is 0.302 e. The third-order valence-electron chi connectivity index (χ3n) is 3.44. The van der Waals surface area contributed by atoms with Gasteiger partial charge < -0.3 is 5.32 Å². The summed E-state index contributed by atoms with van der Waals surface area (Å²) in [6, 6.07) is 15.2. The van der Waals surface area contributed by atoms with Gasteiger partial charge in [-0.1, -0.05) is 53.5 Å². The Morgan fingerprint density at radius 2 is 1.92 bits per heavy atom. The first-order chi connectivity index (χ1) is 11.6. The Balaban J connectivity index is 1.62. The van der Waals surface area contributed by atoms with E-state index in [1.165, 1.54) is 11.3 Å². The van der Waals surface area contributed by atoms with E-state index in [-0.39, 0.29) is 5.91 Å². The monoisotopic (exact) mass is 376 g/mol. The lowest BCUT2D eigenvalue weighted by atomic mass is 10.1. The van der Waals surface area contributed by atoms with Crippen molar-refractivity contribution in [1.29, 1.82) is 0 Å². The number of aromatic nitrogens is 1. The minimum atomic E-state index is -0.0537. The van der Waals surface area contributed by atoms with Crippen molar-refractivity contribution in [3.05, 3.63) is 69.5 Å². The zero-order valence-corrected chi connectivity index (χ0v) is 15.0. The van der Waals surface area contributed by atoms with Gasteiger partial charge in [-0.05, 0) is 30.2 Å². The number of aryl methyl sites for hydroxylation is 1. The summed E-state index contributed by atoms with van der Waals surface area (Å²) < 4.78 is 0. The molecule has 3 rings (SSSR count). The molecule has 3 aromatic rings. The summed E-state index contributed by atoms with van der Waals surface area (Å²) in [6.07, 6.45) is 1.12. The molecule has 0 saturated carbocycles. The van der Waals surface area contributed by atoms with Crippen molar-refractivity contribution < 1.29 is 4.79 Å². The first-order valence-corrected chi connectivity index (χ1v) is 9.00. The van der Waals surface area contributed by atoms with Gasteiger partial charge in [0.1, 0.15) is 0 Å². The second kappa shape index (κ2) is 7.79. The molecule has 24 heavy (non-hydrogen) atoms. The molecule has 0 bridgehead atoms. The number of rotatable bonds is 5. The number of halogens is 2. The van der Waals surface area contributed by atoms with Crippen LogP contribution >= 0.6 is 34.5 Å². The minimum absolute atomic E-state index is 0.0537. The van der Waals surface area contributed by atoms with E-state index < -0.39 is 0 Å². The molecule has 0 aliphatic rings. The third kappa shape index (κ3) is 4.35. The van der Waals surface area contributed by atoms with Crippen molar-refractivity contribution in [2.24, 2.45) is 0 Å². The fourth-order valence-electron chi connectivity index (χ4n) is 2.24. The maximum Gasteiger partial charge on any atom is 0.226 e. The van der Waals surface area contributed by atoms with Crippen molar-refractivity contribution in [1.82, 2.24) is 4.98 Å². The second-order valence-electron chi connectivity index (χ2n) is 5.20. The summed E-state index contributed by atoms with van der Waals surface area (Å²) in [4.78, 5) is 16.5. The van der Waals surface area contributed by atoms with E-state index in [0.717, 1.165) is 16.8 Å². The summed E-state index contributed by atoms with van der Waals surface area (Å²) >= 11 is 13.5. The summed E-state index contributed by atoms with van der Waals surface area (Å²) in [7, 11) is 0. The first kappa shape index (κ1) is 17.0. The van der Waals surface area contributed by atoms with Crippen molar-refractivity contribution in [3.8, 4) is 11.3 Å². The van der Waals surface area contributed by atoms with Crippen LogP contribution in [0.5, 0.6) is 0 Å². The molecule has 0 radical (unpaired) electrons. The third-order valence-corrected chi connectivity index (χ3v) is 4.75. The predicted octanol–water partition coefficient (Wildman–Crippen LogP) is 5.69. The Bertz CT molecular complexity index is 849. The highest BCUT2D eigenvalue weighted by Crippen LogP contribution is 2.32. The molecule has 0 fully saturated rings. The molecular formula is C18H14Cl2N2OS. The SMILES string of the molecule is O=C(CCc1ccccc1)Nc1nc(-c2ccc(Cl)cc2Cl)cs1. The lowest BCUT2D eigenvalue weighted by Gasteiger charge is -2.03. The lowest BCUT2D eigenvalue weighted by Crippen LogP contribution is -2.12. The quantitative estimate of drug-likeness (QED) is 0.621. The van der Waals surface area contributed by atoms with Crippen molar-refractivity contribution in [2.75, 3.05) is 5.32 Å². The van der Waals surface area contributed by atoms with Gasteiger partial charge in [-0.15, -0.1) is 11.3 Å². The van der Waals surface area contributed by atoms with Gasteiger partial charge in [-0.25, -0.2) is 4.98 Å². The number of thiazole rings is 1. The van der Waals surface area contributed by atoms with E-state index in [2.05, 4.69) is 10.3 Å². The summed E-state index contributed by atoms with van der Waals surface area (Å²) in [6.45, 7) is 0. The van der Waals surface area contributed by atoms with Crippen LogP contribution in [0.2, 0.25) is 10.0 Å². The van der Waals surface area contributed by atoms with E-state index in [1.807, 2.05) is 41.8 Å². The molecule has 0 unspecified atom stereocenters. The predicted molar refractivity (Wildman–Crippen MR) is 101 cm³/mol. The summed E-state index contributed by atoms with van der Waals surface area (Å²) in [5.74, 6) is -0.0537. The Hall–Kier alpha value is -1.88. The Morgan fingerprint density at radius 3 is 2.67 bits per heavy atom. The van der Waals surface area contributed by atoms with Crippen molar-refractivity contribution in [3.63, 3.8) is 0 Å². The van der Waals surface area contributed by atoms with Gasteiger partial charge in [0.2, 0.25) is 5.91 Å². The molecule has 0 aliphatic carbocycles. The minimum Gasteiger partial charge on any atom is -0.302 e. The number of carbonyl (C=O) groups excluding carboxylic acids is 1. The number of anilines is 1. The fourth-order valence-corrected chi connectivity index (χ4v) is 3.47. The highest BCUT2D eigenvalue weighted by atomic mass is 35.5. The molecule has 0 spiro atoms. The molecule has 2 aromatic carbocycles. The van der Waals surface area contributed by atoms with Gasteiger partial charge in [0.25, 0.3) is 0 Å². The van der Waals surface area contributed by atoms with E-state index in [1.54, 1.807) is 12.1 Å². The van der Waals surface area contributed by atoms with Crippen LogP contribution in [0.15, 0.2) is 53.9 Å². The van der Waals surface area contributed by atoms with E-state index in [0.29, 0.717) is 28.0 Å². The van der Waals surface area contributed by atoms with Gasteiger partial charge in [-0.2, -0.15) is 0 Å². The number of nitrogens with one attached hydrogen (secondary N) is 1. The number of carbonyl (C=O) groups is 1. The molecule has 6 heteroatoms. The Morgan fingerprint density at radius 1 is 1.12 bits per heavy atom. The molecule has 1 amide bonds. The van der Waals surface area contributed by atoms with Crippen LogP contribution in [0.25, 0.3) is 11.3 Å². The zero-order chi connectivity index (χ0) is 16.9. The van der Waals surface area contributed by atoms with Gasteiger partial charge in [0.15, 0.2) is 5.13 Å². The maximum atomic E-state index is 12.1. The number of benzene rings is 2. The van der Waals surface area contributed by atoms with Crippen LogP contribution in [-0.2, 0) is 11.2 Å². The topological polar surface area (TPSA) is 42.0 Å². The number of hydrogen-bond donors (Lipinski definition) is 1. The van der Waals surface area contributed by atoms with Crippen molar-refractivity contribution >= 4 is 45.6 Å². The molecule has 1 aromatic heterocycles. The van der Waals surface area contributed by atoms with E-state index in [9.17, 15) is 4.79 Å². The van der Waals surface area contributed by atoms with Crippen LogP contribution in [0.3, 0.4) is 0 Å². The highest BCUT2D eigenvalue weighted by Gasteiger charge is 2.11. The molecule has 0 saturated heterocycles. The van der Waals surface area contributed by atoms with Crippen LogP contribution in [0.1, 0.15) is 12.0 Å². The second-order valence-corrected chi connectivity index (χ2v) is 6.90. The first-order valence-electron chi connectivity index (χ1n) is 7.36. The average Bonchev–Trinajstić information content (AvgIpc) is 3.02. The molecular weight excluding hydrogens is 363 g/mol. The van der Waals surface area contributed by atoms with Gasteiger partial charge in [0.05, 0.1) is 10.7 Å². The number of nitrogens with zero attached hydrogens (tertiary/aromatic N) is 1.